The van der Waals surface area contributed by atoms with Crippen molar-refractivity contribution in [3.63, 3.8) is 0 Å². The highest BCUT2D eigenvalue weighted by Gasteiger charge is 2.19. The van der Waals surface area contributed by atoms with Crippen LogP contribution in [0.5, 0.6) is 0 Å². The first-order valence-corrected chi connectivity index (χ1v) is 10.3. The number of carbonyl (C=O) groups is 3. The monoisotopic (exact) mass is 414 g/mol. The molecule has 0 aromatic heterocycles. The van der Waals surface area contributed by atoms with E-state index in [1.807, 2.05) is 45.0 Å². The molecule has 0 bridgehead atoms. The Labute approximate surface area is 175 Å². The average molecular weight is 415 g/mol. The van der Waals surface area contributed by atoms with Crippen molar-refractivity contribution < 1.29 is 19.5 Å². The van der Waals surface area contributed by atoms with E-state index in [1.165, 1.54) is 11.8 Å². The highest BCUT2D eigenvalue weighted by atomic mass is 32.2. The van der Waals surface area contributed by atoms with E-state index in [-0.39, 0.29) is 29.9 Å². The zero-order valence-electron chi connectivity index (χ0n) is 16.8. The second-order valence-corrected chi connectivity index (χ2v) is 8.00. The van der Waals surface area contributed by atoms with Gasteiger partial charge in [0, 0.05) is 22.7 Å². The van der Waals surface area contributed by atoms with Crippen LogP contribution in [-0.4, -0.2) is 28.1 Å². The van der Waals surface area contributed by atoms with E-state index >= 15 is 0 Å². The predicted molar refractivity (Wildman–Crippen MR) is 116 cm³/mol. The molecule has 154 valence electrons. The summed E-state index contributed by atoms with van der Waals surface area (Å²) in [6, 6.07) is 13.0. The van der Waals surface area contributed by atoms with Gasteiger partial charge in [0.1, 0.15) is 0 Å². The van der Waals surface area contributed by atoms with Gasteiger partial charge in [0.2, 0.25) is 11.8 Å². The molecule has 2 aromatic carbocycles. The topological polar surface area (TPSA) is 95.5 Å². The second kappa shape index (κ2) is 10.7. The van der Waals surface area contributed by atoms with Gasteiger partial charge in [0.05, 0.1) is 11.7 Å². The number of aliphatic carboxylic acids is 1. The molecule has 0 aliphatic heterocycles. The number of nitrogens with one attached hydrogen (secondary N) is 2. The van der Waals surface area contributed by atoms with Gasteiger partial charge in [-0.25, -0.2) is 0 Å². The molecular formula is C22H26N2O4S. The van der Waals surface area contributed by atoms with Crippen molar-refractivity contribution in [3.8, 4) is 0 Å². The molecule has 0 heterocycles. The van der Waals surface area contributed by atoms with Crippen molar-refractivity contribution in [2.24, 2.45) is 0 Å². The number of carboxylic acids is 1. The van der Waals surface area contributed by atoms with Crippen LogP contribution in [0.3, 0.4) is 0 Å². The Morgan fingerprint density at radius 2 is 1.76 bits per heavy atom. The molecule has 0 fully saturated rings. The van der Waals surface area contributed by atoms with Crippen LogP contribution in [-0.2, 0) is 14.4 Å². The Morgan fingerprint density at radius 3 is 2.45 bits per heavy atom. The number of rotatable bonds is 9. The molecule has 0 saturated heterocycles. The maximum absolute atomic E-state index is 12.8. The fourth-order valence-electron chi connectivity index (χ4n) is 2.68. The number of hydrogen-bond acceptors (Lipinski definition) is 4. The van der Waals surface area contributed by atoms with Gasteiger partial charge < -0.3 is 15.7 Å². The lowest BCUT2D eigenvalue weighted by atomic mass is 10.1. The molecule has 0 aliphatic carbocycles. The van der Waals surface area contributed by atoms with Gasteiger partial charge in [-0.15, -0.1) is 11.8 Å². The quantitative estimate of drug-likeness (QED) is 0.521. The zero-order chi connectivity index (χ0) is 21.4. The van der Waals surface area contributed by atoms with Crippen LogP contribution in [0.4, 0.5) is 11.4 Å². The largest absolute Gasteiger partial charge is 0.481 e. The van der Waals surface area contributed by atoms with Crippen molar-refractivity contribution in [3.05, 3.63) is 53.6 Å². The minimum Gasteiger partial charge on any atom is -0.481 e. The van der Waals surface area contributed by atoms with Crippen LogP contribution in [0.25, 0.3) is 0 Å². The molecule has 7 heteroatoms. The van der Waals surface area contributed by atoms with Gasteiger partial charge in [0.15, 0.2) is 0 Å². The first kappa shape index (κ1) is 22.5. The maximum atomic E-state index is 12.8. The highest BCUT2D eigenvalue weighted by molar-refractivity contribution is 8.00. The molecule has 1 atom stereocenters. The van der Waals surface area contributed by atoms with Crippen LogP contribution in [0.1, 0.15) is 37.3 Å². The number of amides is 2. The number of aryl methyl sites for hydroxylation is 1. The molecular weight excluding hydrogens is 388 g/mol. The van der Waals surface area contributed by atoms with Crippen LogP contribution in [0.2, 0.25) is 0 Å². The van der Waals surface area contributed by atoms with E-state index in [2.05, 4.69) is 10.6 Å². The third-order valence-electron chi connectivity index (χ3n) is 4.49. The summed E-state index contributed by atoms with van der Waals surface area (Å²) in [5.74, 6) is -1.43. The van der Waals surface area contributed by atoms with Gasteiger partial charge in [-0.1, -0.05) is 25.1 Å². The third kappa shape index (κ3) is 6.94. The highest BCUT2D eigenvalue weighted by Crippen LogP contribution is 2.29. The Bertz CT molecular complexity index is 898. The van der Waals surface area contributed by atoms with E-state index in [9.17, 15) is 14.4 Å². The second-order valence-electron chi connectivity index (χ2n) is 6.72. The number of carbonyl (C=O) groups excluding carboxylic acids is 2. The lowest BCUT2D eigenvalue weighted by Crippen LogP contribution is -2.25. The normalized spacial score (nSPS) is 11.6. The van der Waals surface area contributed by atoms with E-state index in [0.717, 1.165) is 21.7 Å². The molecule has 29 heavy (non-hydrogen) atoms. The lowest BCUT2D eigenvalue weighted by molar-refractivity contribution is -0.138. The molecule has 0 radical (unpaired) electrons. The van der Waals surface area contributed by atoms with E-state index < -0.39 is 5.97 Å². The molecule has 2 rings (SSSR count). The van der Waals surface area contributed by atoms with Crippen LogP contribution >= 0.6 is 11.8 Å². The smallest absolute Gasteiger partial charge is 0.303 e. The minimum absolute atomic E-state index is 0.0675. The van der Waals surface area contributed by atoms with Crippen LogP contribution < -0.4 is 10.6 Å². The van der Waals surface area contributed by atoms with Gasteiger partial charge in [-0.3, -0.25) is 14.4 Å². The molecule has 3 N–H and O–H groups in total. The van der Waals surface area contributed by atoms with E-state index in [1.54, 1.807) is 18.2 Å². The van der Waals surface area contributed by atoms with Crippen molar-refractivity contribution in [1.82, 2.24) is 0 Å². The molecule has 1 unspecified atom stereocenters. The summed E-state index contributed by atoms with van der Waals surface area (Å²) in [5, 5.41) is 14.1. The Morgan fingerprint density at radius 1 is 1.03 bits per heavy atom. The van der Waals surface area contributed by atoms with Crippen molar-refractivity contribution in [2.45, 2.75) is 50.2 Å². The summed E-state index contributed by atoms with van der Waals surface area (Å²) >= 11 is 1.43. The zero-order valence-corrected chi connectivity index (χ0v) is 17.6. The molecule has 6 nitrogen and oxygen atoms in total. The summed E-state index contributed by atoms with van der Waals surface area (Å²) in [6.45, 7) is 5.95. The van der Waals surface area contributed by atoms with Gasteiger partial charge in [0.25, 0.3) is 0 Å². The summed E-state index contributed by atoms with van der Waals surface area (Å²) in [5.41, 5.74) is 3.56. The lowest BCUT2D eigenvalue weighted by Gasteiger charge is -2.17. The third-order valence-corrected chi connectivity index (χ3v) is 5.85. The Balaban J connectivity index is 2.02. The number of carboxylic acid groups (broad SMARTS) is 1. The number of hydrogen-bond donors (Lipinski definition) is 3. The SMILES string of the molecule is CCC(Sc1cccc(NC(=O)CCC(=O)O)c1)C(=O)Nc1cccc(C)c1C. The van der Waals surface area contributed by atoms with E-state index in [0.29, 0.717) is 12.1 Å². The van der Waals surface area contributed by atoms with Crippen molar-refractivity contribution in [1.29, 1.82) is 0 Å². The van der Waals surface area contributed by atoms with Crippen LogP contribution in [0, 0.1) is 13.8 Å². The summed E-state index contributed by atoms with van der Waals surface area (Å²) < 4.78 is 0. The molecule has 2 amide bonds. The summed E-state index contributed by atoms with van der Waals surface area (Å²) in [6.07, 6.45) is 0.357. The van der Waals surface area contributed by atoms with E-state index in [4.69, 9.17) is 5.11 Å². The maximum Gasteiger partial charge on any atom is 0.303 e. The predicted octanol–water partition coefficient (Wildman–Crippen LogP) is 4.62. The molecule has 0 saturated carbocycles. The molecule has 2 aromatic rings. The van der Waals surface area contributed by atoms with Gasteiger partial charge in [-0.05, 0) is 55.7 Å². The summed E-state index contributed by atoms with van der Waals surface area (Å²) in [7, 11) is 0. The first-order valence-electron chi connectivity index (χ1n) is 9.45. The average Bonchev–Trinajstić information content (AvgIpc) is 2.68. The molecule has 0 aliphatic rings. The van der Waals surface area contributed by atoms with Crippen molar-refractivity contribution in [2.75, 3.05) is 10.6 Å². The number of benzene rings is 2. The van der Waals surface area contributed by atoms with Crippen molar-refractivity contribution >= 4 is 40.9 Å². The van der Waals surface area contributed by atoms with Crippen LogP contribution in [0.15, 0.2) is 47.4 Å². The molecule has 0 spiro atoms. The fourth-order valence-corrected chi connectivity index (χ4v) is 3.69. The van der Waals surface area contributed by atoms with Gasteiger partial charge >= 0.3 is 5.97 Å². The Kier molecular flexibility index (Phi) is 8.27. The number of anilines is 2. The first-order chi connectivity index (χ1) is 13.8. The Hall–Kier alpha value is -2.80. The fraction of sp³-hybridized carbons (Fsp3) is 0.318. The number of thioether (sulfide) groups is 1. The standard InChI is InChI=1S/C22H26N2O4S/c1-4-19(22(28)24-18-10-5-7-14(2)15(18)3)29-17-9-6-8-16(13-17)23-20(25)11-12-21(26)27/h5-10,13,19H,4,11-12H2,1-3H3,(H,23,25)(H,24,28)(H,26,27). The van der Waals surface area contributed by atoms with Gasteiger partial charge in [-0.2, -0.15) is 0 Å². The minimum atomic E-state index is -1.01. The summed E-state index contributed by atoms with van der Waals surface area (Å²) in [4.78, 5) is 36.0.